The lowest BCUT2D eigenvalue weighted by Crippen LogP contribution is -2.60. The molecule has 0 amide bonds. The van der Waals surface area contributed by atoms with E-state index in [-0.39, 0.29) is 0 Å². The lowest BCUT2D eigenvalue weighted by molar-refractivity contribution is -0.105. The van der Waals surface area contributed by atoms with Gasteiger partial charge in [-0.3, -0.25) is 4.90 Å². The highest BCUT2D eigenvalue weighted by Crippen LogP contribution is 2.26. The fraction of sp³-hybridized carbons (Fsp3) is 0.429. The maximum absolute atomic E-state index is 9.96. The normalized spacial score (nSPS) is 17.9. The van der Waals surface area contributed by atoms with E-state index < -0.39 is 5.60 Å². The molecule has 0 spiro atoms. The molecule has 2 heterocycles. The zero-order chi connectivity index (χ0) is 14.2. The van der Waals surface area contributed by atoms with Crippen molar-refractivity contribution in [3.05, 3.63) is 34.6 Å². The number of nitrogens with zero attached hydrogens (tertiary/aromatic N) is 3. The second-order valence-electron chi connectivity index (χ2n) is 5.23. The molecule has 6 heteroatoms. The zero-order valence-corrected chi connectivity index (χ0v) is 12.8. The lowest BCUT2D eigenvalue weighted by Gasteiger charge is -2.45. The van der Waals surface area contributed by atoms with Crippen LogP contribution in [0.3, 0.4) is 0 Å². The Morgan fingerprint density at radius 2 is 2.00 bits per heavy atom. The van der Waals surface area contributed by atoms with Crippen molar-refractivity contribution < 1.29 is 9.52 Å². The highest BCUT2D eigenvalue weighted by molar-refractivity contribution is 9.10. The Bertz CT molecular complexity index is 591. The molecule has 0 atom stereocenters. The standard InChI is InChI=1S/C14H16BrN3O2/c1-2-14(19)8-18(9-14)7-12-16-17-13(20-12)10-3-5-11(15)6-4-10/h3-6,19H,2,7-9H2,1H3. The molecule has 1 aliphatic rings. The third-order valence-electron chi connectivity index (χ3n) is 3.61. The first-order valence-corrected chi connectivity index (χ1v) is 7.40. The van der Waals surface area contributed by atoms with Crippen LogP contribution in [-0.4, -0.2) is 38.9 Å². The molecule has 20 heavy (non-hydrogen) atoms. The van der Waals surface area contributed by atoms with Crippen LogP contribution in [0.15, 0.2) is 33.2 Å². The molecule has 1 aromatic heterocycles. The van der Waals surface area contributed by atoms with E-state index in [4.69, 9.17) is 4.42 Å². The SMILES string of the molecule is CCC1(O)CN(Cc2nnc(-c3ccc(Br)cc3)o2)C1. The van der Waals surface area contributed by atoms with Crippen LogP contribution in [0.25, 0.3) is 11.5 Å². The minimum atomic E-state index is -0.533. The first-order valence-electron chi connectivity index (χ1n) is 6.61. The smallest absolute Gasteiger partial charge is 0.247 e. The predicted octanol–water partition coefficient (Wildman–Crippen LogP) is 2.46. The Balaban J connectivity index is 1.64. The molecule has 1 aromatic carbocycles. The van der Waals surface area contributed by atoms with Gasteiger partial charge in [0.1, 0.15) is 0 Å². The number of benzene rings is 1. The Morgan fingerprint density at radius 3 is 2.65 bits per heavy atom. The molecular weight excluding hydrogens is 322 g/mol. The molecule has 3 rings (SSSR count). The lowest BCUT2D eigenvalue weighted by atomic mass is 9.91. The fourth-order valence-electron chi connectivity index (χ4n) is 2.34. The first kappa shape index (κ1) is 13.7. The molecule has 106 valence electrons. The summed E-state index contributed by atoms with van der Waals surface area (Å²) in [5.41, 5.74) is 0.370. The first-order chi connectivity index (χ1) is 9.58. The van der Waals surface area contributed by atoms with Crippen molar-refractivity contribution in [1.29, 1.82) is 0 Å². The van der Waals surface area contributed by atoms with Gasteiger partial charge in [0.15, 0.2) is 0 Å². The molecule has 1 fully saturated rings. The van der Waals surface area contributed by atoms with E-state index in [2.05, 4.69) is 31.0 Å². The summed E-state index contributed by atoms with van der Waals surface area (Å²) in [4.78, 5) is 2.10. The molecule has 0 unspecified atom stereocenters. The maximum atomic E-state index is 9.96. The van der Waals surface area contributed by atoms with E-state index in [1.807, 2.05) is 31.2 Å². The van der Waals surface area contributed by atoms with Gasteiger partial charge in [0, 0.05) is 23.1 Å². The van der Waals surface area contributed by atoms with E-state index in [9.17, 15) is 5.11 Å². The van der Waals surface area contributed by atoms with Gasteiger partial charge in [0.05, 0.1) is 12.1 Å². The van der Waals surface area contributed by atoms with Crippen molar-refractivity contribution in [3.63, 3.8) is 0 Å². The second kappa shape index (κ2) is 5.27. The van der Waals surface area contributed by atoms with Crippen LogP contribution >= 0.6 is 15.9 Å². The summed E-state index contributed by atoms with van der Waals surface area (Å²) in [6.45, 7) is 3.92. The van der Waals surface area contributed by atoms with Crippen LogP contribution in [-0.2, 0) is 6.54 Å². The highest BCUT2D eigenvalue weighted by Gasteiger charge is 2.39. The van der Waals surface area contributed by atoms with Crippen molar-refractivity contribution in [1.82, 2.24) is 15.1 Å². The van der Waals surface area contributed by atoms with Crippen LogP contribution in [0.2, 0.25) is 0 Å². The Labute approximate surface area is 125 Å². The van der Waals surface area contributed by atoms with Gasteiger partial charge in [-0.2, -0.15) is 0 Å². The number of halogens is 1. The molecule has 0 bridgehead atoms. The van der Waals surface area contributed by atoms with Gasteiger partial charge in [-0.25, -0.2) is 0 Å². The Kier molecular flexibility index (Phi) is 3.62. The van der Waals surface area contributed by atoms with Gasteiger partial charge < -0.3 is 9.52 Å². The summed E-state index contributed by atoms with van der Waals surface area (Å²) in [5.74, 6) is 1.11. The summed E-state index contributed by atoms with van der Waals surface area (Å²) >= 11 is 3.39. The topological polar surface area (TPSA) is 62.4 Å². The Hall–Kier alpha value is -1.24. The van der Waals surface area contributed by atoms with Crippen molar-refractivity contribution in [2.45, 2.75) is 25.5 Å². The third kappa shape index (κ3) is 2.77. The second-order valence-corrected chi connectivity index (χ2v) is 6.15. The fourth-order valence-corrected chi connectivity index (χ4v) is 2.60. The largest absolute Gasteiger partial charge is 0.419 e. The molecule has 1 aliphatic heterocycles. The maximum Gasteiger partial charge on any atom is 0.247 e. The van der Waals surface area contributed by atoms with E-state index in [0.717, 1.165) is 16.5 Å². The van der Waals surface area contributed by atoms with Crippen LogP contribution < -0.4 is 0 Å². The van der Waals surface area contributed by atoms with Crippen LogP contribution in [0, 0.1) is 0 Å². The molecule has 5 nitrogen and oxygen atoms in total. The number of rotatable bonds is 4. The molecule has 0 aliphatic carbocycles. The van der Waals surface area contributed by atoms with Crippen LogP contribution in [0.1, 0.15) is 19.2 Å². The minimum absolute atomic E-state index is 0.527. The van der Waals surface area contributed by atoms with Gasteiger partial charge in [-0.15, -0.1) is 10.2 Å². The zero-order valence-electron chi connectivity index (χ0n) is 11.2. The minimum Gasteiger partial charge on any atom is -0.419 e. The Morgan fingerprint density at radius 1 is 1.30 bits per heavy atom. The molecule has 1 saturated heterocycles. The third-order valence-corrected chi connectivity index (χ3v) is 4.14. The molecule has 0 saturated carbocycles. The van der Waals surface area contributed by atoms with Crippen molar-refractivity contribution in [2.75, 3.05) is 13.1 Å². The van der Waals surface area contributed by atoms with Gasteiger partial charge in [0.25, 0.3) is 0 Å². The van der Waals surface area contributed by atoms with Gasteiger partial charge >= 0.3 is 0 Å². The summed E-state index contributed by atoms with van der Waals surface area (Å²) < 4.78 is 6.67. The number of aliphatic hydroxyl groups is 1. The van der Waals surface area contributed by atoms with Gasteiger partial charge in [-0.1, -0.05) is 22.9 Å². The summed E-state index contributed by atoms with van der Waals surface area (Å²) in [7, 11) is 0. The van der Waals surface area contributed by atoms with E-state index >= 15 is 0 Å². The summed E-state index contributed by atoms with van der Waals surface area (Å²) in [6.07, 6.45) is 0.775. The van der Waals surface area contributed by atoms with Gasteiger partial charge in [-0.05, 0) is 30.7 Å². The van der Waals surface area contributed by atoms with E-state index in [0.29, 0.717) is 31.4 Å². The van der Waals surface area contributed by atoms with Crippen LogP contribution in [0.5, 0.6) is 0 Å². The molecule has 1 N–H and O–H groups in total. The average Bonchev–Trinajstić information content (AvgIpc) is 2.86. The number of aromatic nitrogens is 2. The number of β-amino-alcohol motifs (C(OH)–C–C–N with tert-alkyl or cyclic N) is 1. The van der Waals surface area contributed by atoms with Crippen molar-refractivity contribution in [2.24, 2.45) is 0 Å². The monoisotopic (exact) mass is 337 g/mol. The predicted molar refractivity (Wildman–Crippen MR) is 78.0 cm³/mol. The van der Waals surface area contributed by atoms with Crippen molar-refractivity contribution >= 4 is 15.9 Å². The summed E-state index contributed by atoms with van der Waals surface area (Å²) in [6, 6.07) is 7.74. The molecule has 2 aromatic rings. The van der Waals surface area contributed by atoms with Crippen LogP contribution in [0.4, 0.5) is 0 Å². The van der Waals surface area contributed by atoms with Crippen molar-refractivity contribution in [3.8, 4) is 11.5 Å². The van der Waals surface area contributed by atoms with E-state index in [1.54, 1.807) is 0 Å². The number of likely N-dealkylation sites (tertiary alicyclic amines) is 1. The highest BCUT2D eigenvalue weighted by atomic mass is 79.9. The number of hydrogen-bond acceptors (Lipinski definition) is 5. The average molecular weight is 338 g/mol. The summed E-state index contributed by atoms with van der Waals surface area (Å²) in [5, 5.41) is 18.1. The van der Waals surface area contributed by atoms with Gasteiger partial charge in [0.2, 0.25) is 11.8 Å². The number of hydrogen-bond donors (Lipinski definition) is 1. The quantitative estimate of drug-likeness (QED) is 0.928. The molecular formula is C14H16BrN3O2. The molecule has 0 radical (unpaired) electrons. The van der Waals surface area contributed by atoms with E-state index in [1.165, 1.54) is 0 Å².